The van der Waals surface area contributed by atoms with E-state index in [1.54, 1.807) is 25.2 Å². The first-order valence-electron chi connectivity index (χ1n) is 6.44. The molecule has 3 rings (SSSR count). The Balaban J connectivity index is 1.98. The molecule has 0 saturated heterocycles. The molecule has 0 bridgehead atoms. The molecule has 0 aliphatic rings. The predicted molar refractivity (Wildman–Crippen MR) is 84.5 cm³/mol. The molecule has 1 heterocycles. The Morgan fingerprint density at radius 1 is 1.32 bits per heavy atom. The van der Waals surface area contributed by atoms with E-state index >= 15 is 0 Å². The summed E-state index contributed by atoms with van der Waals surface area (Å²) < 4.78 is 14.6. The zero-order valence-electron chi connectivity index (χ0n) is 11.6. The zero-order valence-corrected chi connectivity index (χ0v) is 12.4. The maximum Gasteiger partial charge on any atom is 0.274 e. The third-order valence-electron chi connectivity index (χ3n) is 3.25. The number of nitrogens with two attached hydrogens (primary N) is 1. The fourth-order valence-corrected chi connectivity index (χ4v) is 2.43. The summed E-state index contributed by atoms with van der Waals surface area (Å²) in [5, 5.41) is 7.56. The van der Waals surface area contributed by atoms with Gasteiger partial charge in [-0.05, 0) is 36.4 Å². The van der Waals surface area contributed by atoms with Crippen LogP contribution in [0.2, 0.25) is 5.02 Å². The van der Waals surface area contributed by atoms with Crippen LogP contribution in [0.4, 0.5) is 15.8 Å². The van der Waals surface area contributed by atoms with Crippen LogP contribution in [0.15, 0.2) is 36.4 Å². The number of carbonyl (C=O) groups excluding carboxylic acids is 1. The highest BCUT2D eigenvalue weighted by atomic mass is 35.5. The lowest BCUT2D eigenvalue weighted by molar-refractivity contribution is 0.101. The molecule has 0 aliphatic carbocycles. The number of amides is 1. The zero-order chi connectivity index (χ0) is 15.9. The van der Waals surface area contributed by atoms with E-state index < -0.39 is 5.82 Å². The van der Waals surface area contributed by atoms with Gasteiger partial charge in [0, 0.05) is 23.8 Å². The van der Waals surface area contributed by atoms with E-state index in [1.807, 2.05) is 0 Å². The fraction of sp³-hybridized carbons (Fsp3) is 0.0667. The summed E-state index contributed by atoms with van der Waals surface area (Å²) in [5.41, 5.74) is 7.70. The van der Waals surface area contributed by atoms with Crippen molar-refractivity contribution in [3.63, 3.8) is 0 Å². The molecule has 0 fully saturated rings. The number of halogens is 2. The highest BCUT2D eigenvalue weighted by Crippen LogP contribution is 2.23. The van der Waals surface area contributed by atoms with E-state index in [9.17, 15) is 9.18 Å². The minimum atomic E-state index is -0.541. The number of fused-ring (bicyclic) bond motifs is 1. The van der Waals surface area contributed by atoms with Crippen molar-refractivity contribution in [1.82, 2.24) is 9.78 Å². The Kier molecular flexibility index (Phi) is 3.46. The highest BCUT2D eigenvalue weighted by Gasteiger charge is 2.17. The van der Waals surface area contributed by atoms with Crippen LogP contribution in [0, 0.1) is 5.82 Å². The van der Waals surface area contributed by atoms with Gasteiger partial charge in [-0.25, -0.2) is 4.39 Å². The van der Waals surface area contributed by atoms with Gasteiger partial charge in [-0.15, -0.1) is 0 Å². The number of carbonyl (C=O) groups is 1. The molecule has 112 valence electrons. The summed E-state index contributed by atoms with van der Waals surface area (Å²) >= 11 is 5.71. The van der Waals surface area contributed by atoms with Gasteiger partial charge in [0.2, 0.25) is 0 Å². The number of nitrogens with one attached hydrogen (secondary N) is 1. The number of hydrogen-bond donors (Lipinski definition) is 2. The molecule has 0 saturated carbocycles. The van der Waals surface area contributed by atoms with Crippen molar-refractivity contribution in [2.45, 2.75) is 0 Å². The molecule has 0 spiro atoms. The van der Waals surface area contributed by atoms with Gasteiger partial charge in [0.1, 0.15) is 11.5 Å². The van der Waals surface area contributed by atoms with E-state index in [-0.39, 0.29) is 10.9 Å². The van der Waals surface area contributed by atoms with Crippen LogP contribution in [0.3, 0.4) is 0 Å². The molecule has 7 heteroatoms. The maximum absolute atomic E-state index is 13.1. The largest absolute Gasteiger partial charge is 0.399 e. The molecule has 1 amide bonds. The van der Waals surface area contributed by atoms with Crippen LogP contribution in [-0.4, -0.2) is 15.7 Å². The Labute approximate surface area is 130 Å². The standard InChI is InChI=1S/C15H12ClFN4O/c1-21-14(10-4-2-8(18)6-13(10)20-21)15(22)19-9-3-5-12(17)11(16)7-9/h2-7H,18H2,1H3,(H,19,22). The lowest BCUT2D eigenvalue weighted by Crippen LogP contribution is -2.16. The Hall–Kier alpha value is -2.60. The summed E-state index contributed by atoms with van der Waals surface area (Å²) in [6.07, 6.45) is 0. The summed E-state index contributed by atoms with van der Waals surface area (Å²) in [5.74, 6) is -0.904. The lowest BCUT2D eigenvalue weighted by Gasteiger charge is -2.06. The first-order chi connectivity index (χ1) is 10.5. The minimum absolute atomic E-state index is 0.0552. The number of hydrogen-bond acceptors (Lipinski definition) is 3. The number of benzene rings is 2. The fourth-order valence-electron chi connectivity index (χ4n) is 2.25. The average Bonchev–Trinajstić information content (AvgIpc) is 2.78. The molecule has 0 radical (unpaired) electrons. The summed E-state index contributed by atoms with van der Waals surface area (Å²) in [6, 6.07) is 9.13. The van der Waals surface area contributed by atoms with Crippen molar-refractivity contribution in [1.29, 1.82) is 0 Å². The topological polar surface area (TPSA) is 72.9 Å². The van der Waals surface area contributed by atoms with Gasteiger partial charge in [0.15, 0.2) is 0 Å². The van der Waals surface area contributed by atoms with E-state index in [0.29, 0.717) is 28.0 Å². The van der Waals surface area contributed by atoms with Crippen LogP contribution < -0.4 is 11.1 Å². The third-order valence-corrected chi connectivity index (χ3v) is 3.54. The Morgan fingerprint density at radius 2 is 2.09 bits per heavy atom. The van der Waals surface area contributed by atoms with Crippen LogP contribution in [0.25, 0.3) is 10.9 Å². The van der Waals surface area contributed by atoms with Crippen LogP contribution >= 0.6 is 11.6 Å². The lowest BCUT2D eigenvalue weighted by atomic mass is 10.2. The first kappa shape index (κ1) is 14.3. The van der Waals surface area contributed by atoms with Gasteiger partial charge in [0.25, 0.3) is 5.91 Å². The van der Waals surface area contributed by atoms with Gasteiger partial charge in [0.05, 0.1) is 10.5 Å². The van der Waals surface area contributed by atoms with Gasteiger partial charge in [-0.3, -0.25) is 9.48 Å². The van der Waals surface area contributed by atoms with Gasteiger partial charge >= 0.3 is 0 Å². The maximum atomic E-state index is 13.1. The first-order valence-corrected chi connectivity index (χ1v) is 6.82. The van der Waals surface area contributed by atoms with E-state index in [1.165, 1.54) is 22.9 Å². The number of rotatable bonds is 2. The van der Waals surface area contributed by atoms with Gasteiger partial charge in [-0.2, -0.15) is 5.10 Å². The van der Waals surface area contributed by atoms with Crippen molar-refractivity contribution in [2.75, 3.05) is 11.1 Å². The van der Waals surface area contributed by atoms with Crippen molar-refractivity contribution < 1.29 is 9.18 Å². The molecule has 3 aromatic rings. The quantitative estimate of drug-likeness (QED) is 0.713. The second-order valence-electron chi connectivity index (χ2n) is 4.83. The van der Waals surface area contributed by atoms with Gasteiger partial charge in [-0.1, -0.05) is 11.6 Å². The number of nitrogens with zero attached hydrogens (tertiary/aromatic N) is 2. The molecule has 0 unspecified atom stereocenters. The number of anilines is 2. The summed E-state index contributed by atoms with van der Waals surface area (Å²) in [6.45, 7) is 0. The molecular formula is C15H12ClFN4O. The molecule has 22 heavy (non-hydrogen) atoms. The molecule has 0 aliphatic heterocycles. The summed E-state index contributed by atoms with van der Waals surface area (Å²) in [7, 11) is 1.67. The molecule has 1 aromatic heterocycles. The third kappa shape index (κ3) is 2.48. The number of aryl methyl sites for hydroxylation is 1. The molecular weight excluding hydrogens is 307 g/mol. The van der Waals surface area contributed by atoms with Crippen LogP contribution in [0.1, 0.15) is 10.5 Å². The van der Waals surface area contributed by atoms with Crippen molar-refractivity contribution in [3.8, 4) is 0 Å². The van der Waals surface area contributed by atoms with E-state index in [4.69, 9.17) is 17.3 Å². The summed E-state index contributed by atoms with van der Waals surface area (Å²) in [4.78, 5) is 12.5. The minimum Gasteiger partial charge on any atom is -0.399 e. The molecule has 5 nitrogen and oxygen atoms in total. The highest BCUT2D eigenvalue weighted by molar-refractivity contribution is 6.31. The Morgan fingerprint density at radius 3 is 2.82 bits per heavy atom. The average molecular weight is 319 g/mol. The number of aromatic nitrogens is 2. The monoisotopic (exact) mass is 318 g/mol. The SMILES string of the molecule is Cn1nc2cc(N)ccc2c1C(=O)Nc1ccc(F)c(Cl)c1. The van der Waals surface area contributed by atoms with E-state index in [2.05, 4.69) is 10.4 Å². The number of nitrogen functional groups attached to an aromatic ring is 1. The van der Waals surface area contributed by atoms with Crippen molar-refractivity contribution in [3.05, 3.63) is 52.9 Å². The molecule has 0 atom stereocenters. The van der Waals surface area contributed by atoms with Crippen molar-refractivity contribution >= 4 is 39.8 Å². The molecule has 2 aromatic carbocycles. The second kappa shape index (κ2) is 5.31. The normalized spacial score (nSPS) is 10.9. The molecule has 3 N–H and O–H groups in total. The van der Waals surface area contributed by atoms with Crippen molar-refractivity contribution in [2.24, 2.45) is 7.05 Å². The second-order valence-corrected chi connectivity index (χ2v) is 5.24. The van der Waals surface area contributed by atoms with E-state index in [0.717, 1.165) is 0 Å². The van der Waals surface area contributed by atoms with Crippen LogP contribution in [-0.2, 0) is 7.05 Å². The predicted octanol–water partition coefficient (Wildman–Crippen LogP) is 3.20. The van der Waals surface area contributed by atoms with Crippen LogP contribution in [0.5, 0.6) is 0 Å². The Bertz CT molecular complexity index is 891. The van der Waals surface area contributed by atoms with Gasteiger partial charge < -0.3 is 11.1 Å². The smallest absolute Gasteiger partial charge is 0.274 e.